The van der Waals surface area contributed by atoms with Crippen LogP contribution in [-0.2, 0) is 16.0 Å². The number of aromatic nitrogens is 1. The predicted octanol–water partition coefficient (Wildman–Crippen LogP) is 2.36. The van der Waals surface area contributed by atoms with Crippen LogP contribution in [0.5, 0.6) is 0 Å². The van der Waals surface area contributed by atoms with Crippen LogP contribution in [0.4, 0.5) is 0 Å². The van der Waals surface area contributed by atoms with Crippen LogP contribution in [0.3, 0.4) is 0 Å². The number of carbonyl (C=O) groups excluding carboxylic acids is 2. The highest BCUT2D eigenvalue weighted by atomic mass is 79.9. The van der Waals surface area contributed by atoms with Crippen molar-refractivity contribution >= 4 is 27.8 Å². The molecule has 0 aliphatic carbocycles. The molecule has 0 bridgehead atoms. The SMILES string of the molecule is COC(=O)[C@@H](Cc1ccccc1Br)NC(=O)c1ccccn1. The molecule has 0 aliphatic heterocycles. The lowest BCUT2D eigenvalue weighted by Gasteiger charge is -2.17. The van der Waals surface area contributed by atoms with Gasteiger partial charge in [-0.15, -0.1) is 0 Å². The van der Waals surface area contributed by atoms with Gasteiger partial charge >= 0.3 is 5.97 Å². The lowest BCUT2D eigenvalue weighted by Crippen LogP contribution is -2.43. The van der Waals surface area contributed by atoms with Gasteiger partial charge < -0.3 is 10.1 Å². The van der Waals surface area contributed by atoms with Crippen molar-refractivity contribution in [2.75, 3.05) is 7.11 Å². The van der Waals surface area contributed by atoms with Gasteiger partial charge in [-0.2, -0.15) is 0 Å². The summed E-state index contributed by atoms with van der Waals surface area (Å²) in [7, 11) is 1.29. The molecule has 0 saturated heterocycles. The number of benzene rings is 1. The van der Waals surface area contributed by atoms with E-state index in [0.717, 1.165) is 10.0 Å². The number of hydrogen-bond donors (Lipinski definition) is 1. The minimum absolute atomic E-state index is 0.253. The molecule has 1 N–H and O–H groups in total. The molecule has 5 nitrogen and oxygen atoms in total. The van der Waals surface area contributed by atoms with Crippen molar-refractivity contribution in [2.24, 2.45) is 0 Å². The molecular weight excluding hydrogens is 348 g/mol. The number of nitrogens with zero attached hydrogens (tertiary/aromatic N) is 1. The fraction of sp³-hybridized carbons (Fsp3) is 0.188. The van der Waals surface area contributed by atoms with E-state index in [9.17, 15) is 9.59 Å². The monoisotopic (exact) mass is 362 g/mol. The number of pyridine rings is 1. The van der Waals surface area contributed by atoms with Gasteiger partial charge in [0.2, 0.25) is 0 Å². The normalized spacial score (nSPS) is 11.5. The van der Waals surface area contributed by atoms with E-state index in [1.807, 2.05) is 24.3 Å². The minimum atomic E-state index is -0.779. The van der Waals surface area contributed by atoms with E-state index in [1.54, 1.807) is 18.2 Å². The smallest absolute Gasteiger partial charge is 0.328 e. The summed E-state index contributed by atoms with van der Waals surface area (Å²) >= 11 is 3.43. The quantitative estimate of drug-likeness (QED) is 0.829. The van der Waals surface area contributed by atoms with Gasteiger partial charge in [0, 0.05) is 17.1 Å². The average Bonchev–Trinajstić information content (AvgIpc) is 2.56. The summed E-state index contributed by atoms with van der Waals surface area (Å²) in [5.74, 6) is -0.914. The molecule has 0 spiro atoms. The third kappa shape index (κ3) is 4.14. The molecule has 1 amide bonds. The zero-order valence-corrected chi connectivity index (χ0v) is 13.5. The first kappa shape index (κ1) is 16.2. The number of halogens is 1. The van der Waals surface area contributed by atoms with Crippen molar-refractivity contribution < 1.29 is 14.3 Å². The molecule has 0 radical (unpaired) electrons. The Morgan fingerprint density at radius 3 is 2.59 bits per heavy atom. The number of esters is 1. The maximum absolute atomic E-state index is 12.2. The minimum Gasteiger partial charge on any atom is -0.467 e. The number of ether oxygens (including phenoxy) is 1. The largest absolute Gasteiger partial charge is 0.467 e. The van der Waals surface area contributed by atoms with Crippen LogP contribution in [0, 0.1) is 0 Å². The van der Waals surface area contributed by atoms with Gasteiger partial charge in [-0.3, -0.25) is 9.78 Å². The van der Waals surface area contributed by atoms with Crippen molar-refractivity contribution in [1.29, 1.82) is 0 Å². The Morgan fingerprint density at radius 2 is 1.95 bits per heavy atom. The van der Waals surface area contributed by atoms with Crippen LogP contribution < -0.4 is 5.32 Å². The third-order valence-electron chi connectivity index (χ3n) is 3.07. The van der Waals surface area contributed by atoms with Gasteiger partial charge in [-0.25, -0.2) is 4.79 Å². The molecule has 0 saturated carbocycles. The number of methoxy groups -OCH3 is 1. The Morgan fingerprint density at radius 1 is 1.23 bits per heavy atom. The highest BCUT2D eigenvalue weighted by Crippen LogP contribution is 2.18. The summed E-state index contributed by atoms with van der Waals surface area (Å²) in [5.41, 5.74) is 1.16. The average molecular weight is 363 g/mol. The molecule has 114 valence electrons. The molecule has 2 rings (SSSR count). The van der Waals surface area contributed by atoms with Gasteiger partial charge in [-0.05, 0) is 23.8 Å². The standard InChI is InChI=1S/C16H15BrN2O3/c1-22-16(21)14(10-11-6-2-3-7-12(11)17)19-15(20)13-8-4-5-9-18-13/h2-9,14H,10H2,1H3,(H,19,20)/t14-/m1/s1. The lowest BCUT2D eigenvalue weighted by atomic mass is 10.1. The highest BCUT2D eigenvalue weighted by molar-refractivity contribution is 9.10. The number of nitrogens with one attached hydrogen (secondary N) is 1. The highest BCUT2D eigenvalue weighted by Gasteiger charge is 2.23. The van der Waals surface area contributed by atoms with Crippen LogP contribution in [0.2, 0.25) is 0 Å². The van der Waals surface area contributed by atoms with Crippen molar-refractivity contribution in [3.8, 4) is 0 Å². The topological polar surface area (TPSA) is 68.3 Å². The summed E-state index contributed by atoms with van der Waals surface area (Å²) < 4.78 is 5.64. The van der Waals surface area contributed by atoms with E-state index < -0.39 is 17.9 Å². The Labute approximate surface area is 136 Å². The number of carbonyl (C=O) groups is 2. The first-order valence-corrected chi connectivity index (χ1v) is 7.44. The lowest BCUT2D eigenvalue weighted by molar-refractivity contribution is -0.142. The van der Waals surface area contributed by atoms with Gasteiger partial charge in [0.1, 0.15) is 11.7 Å². The van der Waals surface area contributed by atoms with Gasteiger partial charge in [0.15, 0.2) is 0 Å². The molecule has 6 heteroatoms. The molecular formula is C16H15BrN2O3. The maximum atomic E-state index is 12.2. The van der Waals surface area contributed by atoms with Gasteiger partial charge in [0.05, 0.1) is 7.11 Å². The number of hydrogen-bond acceptors (Lipinski definition) is 4. The van der Waals surface area contributed by atoms with Crippen LogP contribution >= 0.6 is 15.9 Å². The van der Waals surface area contributed by atoms with E-state index in [-0.39, 0.29) is 5.69 Å². The fourth-order valence-corrected chi connectivity index (χ4v) is 2.40. The van der Waals surface area contributed by atoms with E-state index in [0.29, 0.717) is 6.42 Å². The second-order valence-electron chi connectivity index (χ2n) is 4.56. The van der Waals surface area contributed by atoms with E-state index in [1.165, 1.54) is 13.3 Å². The second-order valence-corrected chi connectivity index (χ2v) is 5.41. The molecule has 2 aromatic rings. The zero-order chi connectivity index (χ0) is 15.9. The van der Waals surface area contributed by atoms with Crippen LogP contribution in [0.1, 0.15) is 16.1 Å². The maximum Gasteiger partial charge on any atom is 0.328 e. The summed E-state index contributed by atoms with van der Waals surface area (Å²) in [6.07, 6.45) is 1.85. The Bertz CT molecular complexity index is 661. The third-order valence-corrected chi connectivity index (χ3v) is 3.84. The van der Waals surface area contributed by atoms with Crippen molar-refractivity contribution in [3.63, 3.8) is 0 Å². The molecule has 1 aromatic heterocycles. The molecule has 0 unspecified atom stereocenters. The number of rotatable bonds is 5. The number of amides is 1. The molecule has 1 atom stereocenters. The van der Waals surface area contributed by atoms with Crippen LogP contribution in [0.15, 0.2) is 53.1 Å². The van der Waals surface area contributed by atoms with E-state index in [4.69, 9.17) is 4.74 Å². The zero-order valence-electron chi connectivity index (χ0n) is 12.0. The second kappa shape index (κ2) is 7.70. The summed E-state index contributed by atoms with van der Waals surface area (Å²) in [6.45, 7) is 0. The molecule has 0 aliphatic rings. The van der Waals surface area contributed by atoms with Crippen LogP contribution in [0.25, 0.3) is 0 Å². The first-order valence-electron chi connectivity index (χ1n) is 6.65. The van der Waals surface area contributed by atoms with Gasteiger partial charge in [0.25, 0.3) is 5.91 Å². The Balaban J connectivity index is 2.15. The molecule has 1 heterocycles. The van der Waals surface area contributed by atoms with E-state index >= 15 is 0 Å². The van der Waals surface area contributed by atoms with Crippen molar-refractivity contribution in [3.05, 3.63) is 64.4 Å². The Kier molecular flexibility index (Phi) is 5.66. The Hall–Kier alpha value is -2.21. The molecule has 1 aromatic carbocycles. The summed E-state index contributed by atoms with van der Waals surface area (Å²) in [6, 6.07) is 11.7. The van der Waals surface area contributed by atoms with Gasteiger partial charge in [-0.1, -0.05) is 40.2 Å². The van der Waals surface area contributed by atoms with E-state index in [2.05, 4.69) is 26.2 Å². The molecule has 0 fully saturated rings. The molecule has 22 heavy (non-hydrogen) atoms. The predicted molar refractivity (Wildman–Crippen MR) is 85.4 cm³/mol. The first-order chi connectivity index (χ1) is 10.6. The fourth-order valence-electron chi connectivity index (χ4n) is 1.95. The summed E-state index contributed by atoms with van der Waals surface area (Å²) in [4.78, 5) is 28.0. The van der Waals surface area contributed by atoms with Crippen molar-refractivity contribution in [1.82, 2.24) is 10.3 Å². The summed E-state index contributed by atoms with van der Waals surface area (Å²) in [5, 5.41) is 2.66. The van der Waals surface area contributed by atoms with Crippen LogP contribution in [-0.4, -0.2) is 30.0 Å². The van der Waals surface area contributed by atoms with Crippen molar-refractivity contribution in [2.45, 2.75) is 12.5 Å².